The van der Waals surface area contributed by atoms with Crippen LogP contribution in [0.5, 0.6) is 0 Å². The summed E-state index contributed by atoms with van der Waals surface area (Å²) in [5.41, 5.74) is 1.99. The summed E-state index contributed by atoms with van der Waals surface area (Å²) >= 11 is 0. The Morgan fingerprint density at radius 3 is 2.69 bits per heavy atom. The molecule has 36 heavy (non-hydrogen) atoms. The summed E-state index contributed by atoms with van der Waals surface area (Å²) in [6, 6.07) is 4.26. The van der Waals surface area contributed by atoms with Crippen molar-refractivity contribution in [3.8, 4) is 0 Å². The highest BCUT2D eigenvalue weighted by molar-refractivity contribution is 6.36. The first-order chi connectivity index (χ1) is 17.2. The van der Waals surface area contributed by atoms with Gasteiger partial charge in [0.25, 0.3) is 5.91 Å². The van der Waals surface area contributed by atoms with Crippen molar-refractivity contribution in [3.05, 3.63) is 66.1 Å². The van der Waals surface area contributed by atoms with Gasteiger partial charge in [0.1, 0.15) is 0 Å². The van der Waals surface area contributed by atoms with E-state index in [1.54, 1.807) is 4.90 Å². The Morgan fingerprint density at radius 2 is 2.00 bits per heavy atom. The fraction of sp³-hybridized carbons (Fsp3) is 0.261. The summed E-state index contributed by atoms with van der Waals surface area (Å²) in [5, 5.41) is 6.33. The molecule has 0 saturated carbocycles. The van der Waals surface area contributed by atoms with Crippen LogP contribution in [0, 0.1) is 5.82 Å². The molecule has 0 bridgehead atoms. The third kappa shape index (κ3) is 7.43. The predicted octanol–water partition coefficient (Wildman–Crippen LogP) is 3.69. The molecule has 3 rings (SSSR count). The van der Waals surface area contributed by atoms with E-state index in [0.717, 1.165) is 18.3 Å². The minimum absolute atomic E-state index is 0.0183. The molecule has 0 spiro atoms. The SMILES string of the molecule is C=C(\C=C/C(/C=N/Nc1ncc(F)c(N2CCOCC2)n1)=N\C)C(=O)Nc1cccc(C(F)(F)F)c1. The summed E-state index contributed by atoms with van der Waals surface area (Å²) < 4.78 is 57.9. The molecule has 1 aromatic carbocycles. The molecule has 9 nitrogen and oxygen atoms in total. The average molecular weight is 505 g/mol. The Morgan fingerprint density at radius 1 is 1.25 bits per heavy atom. The van der Waals surface area contributed by atoms with Crippen LogP contribution < -0.4 is 15.6 Å². The Bertz CT molecular complexity index is 1190. The number of carbonyl (C=O) groups is 1. The number of hydrogen-bond donors (Lipinski definition) is 2. The summed E-state index contributed by atoms with van der Waals surface area (Å²) in [4.78, 5) is 26.0. The predicted molar refractivity (Wildman–Crippen MR) is 129 cm³/mol. The zero-order chi connectivity index (χ0) is 26.1. The van der Waals surface area contributed by atoms with Crippen molar-refractivity contribution in [1.82, 2.24) is 9.97 Å². The van der Waals surface area contributed by atoms with Gasteiger partial charge < -0.3 is 15.0 Å². The van der Waals surface area contributed by atoms with Crippen molar-refractivity contribution in [1.29, 1.82) is 0 Å². The molecule has 1 aromatic heterocycles. The number of hydrogen-bond acceptors (Lipinski definition) is 8. The Labute approximate surface area is 204 Å². The number of carbonyl (C=O) groups excluding carboxylic acids is 1. The van der Waals surface area contributed by atoms with Gasteiger partial charge in [0, 0.05) is 31.4 Å². The van der Waals surface area contributed by atoms with Crippen molar-refractivity contribution in [3.63, 3.8) is 0 Å². The lowest BCUT2D eigenvalue weighted by molar-refractivity contribution is -0.137. The average Bonchev–Trinajstić information content (AvgIpc) is 2.87. The number of aliphatic imine (C=N–C) groups is 1. The van der Waals surface area contributed by atoms with E-state index in [-0.39, 0.29) is 23.0 Å². The number of rotatable bonds is 8. The van der Waals surface area contributed by atoms with Gasteiger partial charge in [-0.3, -0.25) is 9.79 Å². The second-order valence-corrected chi connectivity index (χ2v) is 7.37. The first kappa shape index (κ1) is 26.5. The molecule has 0 radical (unpaired) electrons. The number of halogens is 4. The Balaban J connectivity index is 1.58. The van der Waals surface area contributed by atoms with Crippen molar-refractivity contribution in [2.24, 2.45) is 10.1 Å². The van der Waals surface area contributed by atoms with Crippen LogP contribution in [0.3, 0.4) is 0 Å². The number of aromatic nitrogens is 2. The molecule has 0 aliphatic carbocycles. The highest BCUT2D eigenvalue weighted by Crippen LogP contribution is 2.30. The lowest BCUT2D eigenvalue weighted by atomic mass is 10.1. The molecule has 13 heteroatoms. The number of amides is 1. The number of benzene rings is 1. The van der Waals surface area contributed by atoms with Gasteiger partial charge in [0.05, 0.1) is 36.9 Å². The fourth-order valence-electron chi connectivity index (χ4n) is 2.99. The maximum absolute atomic E-state index is 14.1. The van der Waals surface area contributed by atoms with E-state index in [9.17, 15) is 22.4 Å². The molecule has 1 aliphatic rings. The number of ether oxygens (including phenoxy) is 1. The molecule has 2 aromatic rings. The summed E-state index contributed by atoms with van der Waals surface area (Å²) in [6.45, 7) is 5.55. The van der Waals surface area contributed by atoms with Crippen LogP contribution in [0.15, 0.2) is 64.9 Å². The van der Waals surface area contributed by atoms with Crippen molar-refractivity contribution < 1.29 is 27.1 Å². The molecular weight excluding hydrogens is 482 g/mol. The van der Waals surface area contributed by atoms with E-state index in [1.165, 1.54) is 37.5 Å². The number of hydrazone groups is 1. The topological polar surface area (TPSA) is 104 Å². The van der Waals surface area contributed by atoms with Gasteiger partial charge in [-0.15, -0.1) is 0 Å². The van der Waals surface area contributed by atoms with Crippen LogP contribution in [0.1, 0.15) is 5.56 Å². The highest BCUT2D eigenvalue weighted by atomic mass is 19.4. The second-order valence-electron chi connectivity index (χ2n) is 7.37. The van der Waals surface area contributed by atoms with E-state index < -0.39 is 23.5 Å². The second kappa shape index (κ2) is 12.0. The monoisotopic (exact) mass is 505 g/mol. The van der Waals surface area contributed by atoms with Crippen LogP contribution in [-0.2, 0) is 15.7 Å². The Kier molecular flexibility index (Phi) is 8.84. The maximum Gasteiger partial charge on any atom is 0.416 e. The van der Waals surface area contributed by atoms with Gasteiger partial charge in [-0.2, -0.15) is 23.3 Å². The van der Waals surface area contributed by atoms with Crippen LogP contribution >= 0.6 is 0 Å². The summed E-state index contributed by atoms with van der Waals surface area (Å²) in [7, 11) is 1.49. The van der Waals surface area contributed by atoms with E-state index >= 15 is 0 Å². The van der Waals surface area contributed by atoms with Crippen molar-refractivity contribution in [2.75, 3.05) is 49.0 Å². The highest BCUT2D eigenvalue weighted by Gasteiger charge is 2.30. The van der Waals surface area contributed by atoms with Crippen LogP contribution in [0.2, 0.25) is 0 Å². The molecule has 1 fully saturated rings. The minimum atomic E-state index is -4.53. The molecule has 0 atom stereocenters. The normalized spacial score (nSPS) is 14.9. The van der Waals surface area contributed by atoms with Gasteiger partial charge in [-0.1, -0.05) is 12.6 Å². The third-order valence-corrected chi connectivity index (χ3v) is 4.85. The van der Waals surface area contributed by atoms with Gasteiger partial charge >= 0.3 is 6.18 Å². The molecular formula is C23H23F4N7O2. The van der Waals surface area contributed by atoms with Crippen LogP contribution in [-0.4, -0.2) is 61.2 Å². The van der Waals surface area contributed by atoms with Gasteiger partial charge in [-0.25, -0.2) is 14.8 Å². The van der Waals surface area contributed by atoms with E-state index in [4.69, 9.17) is 4.74 Å². The molecule has 2 N–H and O–H groups in total. The molecule has 190 valence electrons. The van der Waals surface area contributed by atoms with Crippen LogP contribution in [0.25, 0.3) is 0 Å². The van der Waals surface area contributed by atoms with Gasteiger partial charge in [-0.05, 0) is 30.4 Å². The van der Waals surface area contributed by atoms with E-state index in [2.05, 4.69) is 37.4 Å². The van der Waals surface area contributed by atoms with Crippen LogP contribution in [0.4, 0.5) is 35.0 Å². The molecule has 1 saturated heterocycles. The zero-order valence-corrected chi connectivity index (χ0v) is 19.2. The number of anilines is 3. The Hall–Kier alpha value is -4.13. The number of nitrogens with one attached hydrogen (secondary N) is 2. The van der Waals surface area contributed by atoms with Gasteiger partial charge in [0.15, 0.2) is 11.6 Å². The largest absolute Gasteiger partial charge is 0.416 e. The smallest absolute Gasteiger partial charge is 0.378 e. The van der Waals surface area contributed by atoms with Crippen molar-refractivity contribution in [2.45, 2.75) is 6.18 Å². The molecule has 0 unspecified atom stereocenters. The van der Waals surface area contributed by atoms with E-state index in [0.29, 0.717) is 32.0 Å². The van der Waals surface area contributed by atoms with Gasteiger partial charge in [0.2, 0.25) is 5.95 Å². The standard InChI is InChI=1S/C23H23F4N7O2/c1-15(21(35)31-17-5-3-4-16(12-17)23(25,26)27)6-7-18(28-2)13-30-33-22-29-14-19(24)20(32-22)34-8-10-36-11-9-34/h3-7,12-14H,1,8-11H2,2H3,(H,31,35)(H,29,32,33)/b7-6-,28-18+,30-13+. The maximum atomic E-state index is 14.1. The number of allylic oxidation sites excluding steroid dienone is 1. The summed E-state index contributed by atoms with van der Waals surface area (Å²) in [6.07, 6.45) is 0.597. The molecule has 1 amide bonds. The molecule has 2 heterocycles. The number of morpholine rings is 1. The lowest BCUT2D eigenvalue weighted by Crippen LogP contribution is -2.37. The number of alkyl halides is 3. The summed E-state index contributed by atoms with van der Waals surface area (Å²) in [5.74, 6) is -1.05. The lowest BCUT2D eigenvalue weighted by Gasteiger charge is -2.27. The third-order valence-electron chi connectivity index (χ3n) is 4.85. The number of nitrogens with zero attached hydrogens (tertiary/aromatic N) is 5. The van der Waals surface area contributed by atoms with E-state index in [1.807, 2.05) is 0 Å². The quantitative estimate of drug-likeness (QED) is 0.187. The van der Waals surface area contributed by atoms with Crippen molar-refractivity contribution >= 4 is 35.3 Å². The zero-order valence-electron chi connectivity index (χ0n) is 19.2. The molecule has 1 aliphatic heterocycles. The fourth-order valence-corrected chi connectivity index (χ4v) is 2.99. The first-order valence-corrected chi connectivity index (χ1v) is 10.6. The minimum Gasteiger partial charge on any atom is -0.378 e. The first-order valence-electron chi connectivity index (χ1n) is 10.6.